The highest BCUT2D eigenvalue weighted by molar-refractivity contribution is 5.94. The number of carbonyl (C=O) groups excluding carboxylic acids is 2. The zero-order valence-electron chi connectivity index (χ0n) is 29.8. The van der Waals surface area contributed by atoms with E-state index in [0.29, 0.717) is 18.1 Å². The van der Waals surface area contributed by atoms with Crippen LogP contribution in [0.15, 0.2) is 30.5 Å². The van der Waals surface area contributed by atoms with Gasteiger partial charge in [-0.1, -0.05) is 88.1 Å². The first-order chi connectivity index (χ1) is 19.8. The Morgan fingerprint density at radius 3 is 1.93 bits per heavy atom. The van der Waals surface area contributed by atoms with Gasteiger partial charge in [0.05, 0.1) is 12.8 Å². The molecule has 0 spiro atoms. The second-order valence-corrected chi connectivity index (χ2v) is 10.2. The SMILES string of the molecule is CC.CC.CC(C)C.CC=O.CCCC(C)(CC)NC(=O)c1ccc(C)c(C)c1.CCCc1cc(OCC)ncc1F. The van der Waals surface area contributed by atoms with Gasteiger partial charge in [0, 0.05) is 17.2 Å². The van der Waals surface area contributed by atoms with E-state index in [4.69, 9.17) is 9.53 Å². The van der Waals surface area contributed by atoms with Gasteiger partial charge in [-0.25, -0.2) is 9.37 Å². The smallest absolute Gasteiger partial charge is 0.251 e. The zero-order valence-corrected chi connectivity index (χ0v) is 29.8. The molecule has 0 aliphatic carbocycles. The summed E-state index contributed by atoms with van der Waals surface area (Å²) < 4.78 is 18.2. The summed E-state index contributed by atoms with van der Waals surface area (Å²) in [6.45, 7) is 30.9. The molecular weight excluding hydrogens is 527 g/mol. The molecule has 0 bridgehead atoms. The number of halogens is 1. The Balaban J connectivity index is -0.000000262. The van der Waals surface area contributed by atoms with Crippen molar-refractivity contribution >= 4 is 12.2 Å². The second kappa shape index (κ2) is 29.7. The first-order valence-corrected chi connectivity index (χ1v) is 15.9. The lowest BCUT2D eigenvalue weighted by molar-refractivity contribution is -0.106. The summed E-state index contributed by atoms with van der Waals surface area (Å²) in [7, 11) is 0. The van der Waals surface area contributed by atoms with Gasteiger partial charge in [-0.05, 0) is 88.6 Å². The van der Waals surface area contributed by atoms with Crippen molar-refractivity contribution in [3.63, 3.8) is 0 Å². The van der Waals surface area contributed by atoms with E-state index < -0.39 is 0 Å². The summed E-state index contributed by atoms with van der Waals surface area (Å²) >= 11 is 0. The third-order valence-corrected chi connectivity index (χ3v) is 5.49. The summed E-state index contributed by atoms with van der Waals surface area (Å²) in [6.07, 6.45) is 6.67. The van der Waals surface area contributed by atoms with Gasteiger partial charge >= 0.3 is 0 Å². The Kier molecular flexibility index (Phi) is 32.7. The molecule has 42 heavy (non-hydrogen) atoms. The number of nitrogens with zero attached hydrogens (tertiary/aromatic N) is 1. The number of carbonyl (C=O) groups is 2. The van der Waals surface area contributed by atoms with Crippen molar-refractivity contribution in [3.05, 3.63) is 58.5 Å². The lowest BCUT2D eigenvalue weighted by Gasteiger charge is -2.29. The van der Waals surface area contributed by atoms with Crippen LogP contribution in [0.3, 0.4) is 0 Å². The lowest BCUT2D eigenvalue weighted by atomic mass is 9.92. The van der Waals surface area contributed by atoms with Crippen molar-refractivity contribution in [1.29, 1.82) is 0 Å². The molecule has 1 aromatic carbocycles. The number of pyridine rings is 1. The molecule has 5 nitrogen and oxygen atoms in total. The third-order valence-electron chi connectivity index (χ3n) is 5.49. The van der Waals surface area contributed by atoms with E-state index >= 15 is 0 Å². The van der Waals surface area contributed by atoms with Crippen molar-refractivity contribution in [2.24, 2.45) is 5.92 Å². The number of aldehydes is 1. The van der Waals surface area contributed by atoms with Crippen LogP contribution in [0.5, 0.6) is 5.88 Å². The normalized spacial score (nSPS) is 10.6. The van der Waals surface area contributed by atoms with E-state index in [2.05, 4.69) is 58.8 Å². The number of nitrogens with one attached hydrogen (secondary N) is 1. The summed E-state index contributed by atoms with van der Waals surface area (Å²) in [6, 6.07) is 7.54. The maximum Gasteiger partial charge on any atom is 0.251 e. The van der Waals surface area contributed by atoms with E-state index in [1.54, 1.807) is 6.07 Å². The average molecular weight is 593 g/mol. The molecule has 1 amide bonds. The van der Waals surface area contributed by atoms with Crippen molar-refractivity contribution in [1.82, 2.24) is 10.3 Å². The van der Waals surface area contributed by atoms with Crippen LogP contribution in [-0.4, -0.2) is 29.3 Å². The maximum atomic E-state index is 13.1. The molecule has 0 radical (unpaired) electrons. The van der Waals surface area contributed by atoms with Gasteiger partial charge in [-0.15, -0.1) is 0 Å². The highest BCUT2D eigenvalue weighted by Crippen LogP contribution is 2.18. The lowest BCUT2D eigenvalue weighted by Crippen LogP contribution is -2.45. The van der Waals surface area contributed by atoms with Crippen molar-refractivity contribution in [3.8, 4) is 5.88 Å². The highest BCUT2D eigenvalue weighted by atomic mass is 19.1. The molecule has 0 fully saturated rings. The summed E-state index contributed by atoms with van der Waals surface area (Å²) in [5.74, 6) is 1.13. The quantitative estimate of drug-likeness (QED) is 0.294. The van der Waals surface area contributed by atoms with Crippen LogP contribution in [0, 0.1) is 25.6 Å². The Labute approximate surface area is 259 Å². The highest BCUT2D eigenvalue weighted by Gasteiger charge is 2.23. The Bertz CT molecular complexity index is 929. The fourth-order valence-electron chi connectivity index (χ4n) is 3.25. The summed E-state index contributed by atoms with van der Waals surface area (Å²) in [5.41, 5.74) is 3.73. The van der Waals surface area contributed by atoms with Gasteiger partial charge < -0.3 is 14.8 Å². The number of aromatic nitrogens is 1. The molecule has 1 aromatic heterocycles. The zero-order chi connectivity index (χ0) is 33.7. The van der Waals surface area contributed by atoms with Crippen LogP contribution >= 0.6 is 0 Å². The largest absolute Gasteiger partial charge is 0.478 e. The number of rotatable bonds is 9. The fourth-order valence-corrected chi connectivity index (χ4v) is 3.25. The molecule has 0 saturated heterocycles. The van der Waals surface area contributed by atoms with Crippen molar-refractivity contribution < 1.29 is 18.7 Å². The molecule has 0 saturated carbocycles. The van der Waals surface area contributed by atoms with Crippen LogP contribution in [0.1, 0.15) is 143 Å². The number of benzene rings is 1. The molecule has 2 rings (SSSR count). The van der Waals surface area contributed by atoms with Crippen LogP contribution in [0.4, 0.5) is 4.39 Å². The van der Waals surface area contributed by atoms with Gasteiger partial charge in [0.1, 0.15) is 12.1 Å². The average Bonchev–Trinajstić information content (AvgIpc) is 2.95. The molecule has 0 aliphatic heterocycles. The molecular formula is C36H65FN2O3. The van der Waals surface area contributed by atoms with Crippen LogP contribution < -0.4 is 10.1 Å². The summed E-state index contributed by atoms with van der Waals surface area (Å²) in [4.78, 5) is 24.9. The molecule has 244 valence electrons. The molecule has 6 heteroatoms. The first kappa shape index (κ1) is 46.2. The van der Waals surface area contributed by atoms with E-state index in [1.807, 2.05) is 66.7 Å². The minimum Gasteiger partial charge on any atom is -0.478 e. The summed E-state index contributed by atoms with van der Waals surface area (Å²) in [5, 5.41) is 3.17. The van der Waals surface area contributed by atoms with Crippen molar-refractivity contribution in [2.45, 2.75) is 141 Å². The van der Waals surface area contributed by atoms with Gasteiger partial charge in [0.2, 0.25) is 5.88 Å². The Hall–Kier alpha value is -2.76. The number of amides is 1. The molecule has 1 unspecified atom stereocenters. The number of ether oxygens (including phenoxy) is 1. The minimum atomic E-state index is -0.245. The van der Waals surface area contributed by atoms with E-state index in [-0.39, 0.29) is 17.3 Å². The van der Waals surface area contributed by atoms with E-state index in [1.165, 1.54) is 18.7 Å². The minimum absolute atomic E-state index is 0.0379. The Morgan fingerprint density at radius 2 is 1.52 bits per heavy atom. The standard InChI is InChI=1S/C16H25NO.C10H14FNO.C4H10.C2H4O.2C2H6/c1-6-10-16(5,7-2)17-15(18)14-9-8-12(3)13(4)11-14;1-3-5-8-6-10(13-4-2)12-7-9(8)11;1-4(2)3;1-2-3;2*1-2/h8-9,11H,6-7,10H2,1-5H3,(H,17,18);6-7H,3-5H2,1-2H3;4H,1-3H3;2H,1H3;2*1-2H3. The van der Waals surface area contributed by atoms with Crippen LogP contribution in [0.2, 0.25) is 0 Å². The van der Waals surface area contributed by atoms with Gasteiger partial charge in [0.25, 0.3) is 5.91 Å². The monoisotopic (exact) mass is 592 g/mol. The Morgan fingerprint density at radius 1 is 1.00 bits per heavy atom. The number of aryl methyl sites for hydroxylation is 3. The molecule has 1 heterocycles. The molecule has 1 N–H and O–H groups in total. The molecule has 2 aromatic rings. The third kappa shape index (κ3) is 23.9. The molecule has 0 aliphatic rings. The van der Waals surface area contributed by atoms with Gasteiger partial charge in [0.15, 0.2) is 0 Å². The second-order valence-electron chi connectivity index (χ2n) is 10.2. The van der Waals surface area contributed by atoms with Gasteiger partial charge in [-0.3, -0.25) is 4.79 Å². The number of hydrogen-bond donors (Lipinski definition) is 1. The maximum absolute atomic E-state index is 13.1. The van der Waals surface area contributed by atoms with Gasteiger partial charge in [-0.2, -0.15) is 0 Å². The number of hydrogen-bond acceptors (Lipinski definition) is 4. The fraction of sp³-hybridized carbons (Fsp3) is 0.639. The topological polar surface area (TPSA) is 68.3 Å². The van der Waals surface area contributed by atoms with E-state index in [9.17, 15) is 9.18 Å². The predicted octanol–water partition coefficient (Wildman–Crippen LogP) is 10.5. The van der Waals surface area contributed by atoms with Crippen molar-refractivity contribution in [2.75, 3.05) is 6.61 Å². The first-order valence-electron chi connectivity index (χ1n) is 15.9. The molecule has 1 atom stereocenters. The van der Waals surface area contributed by atoms with Crippen LogP contribution in [0.25, 0.3) is 0 Å². The predicted molar refractivity (Wildman–Crippen MR) is 181 cm³/mol. The van der Waals surface area contributed by atoms with E-state index in [0.717, 1.165) is 55.4 Å². The van der Waals surface area contributed by atoms with Crippen LogP contribution in [-0.2, 0) is 11.2 Å².